The number of carbonyl (C=O) groups is 2. The Morgan fingerprint density at radius 1 is 1.29 bits per heavy atom. The molecule has 7 heteroatoms. The molecule has 2 aromatic rings. The third-order valence-electron chi connectivity index (χ3n) is 2.58. The van der Waals surface area contributed by atoms with Crippen LogP contribution in [0.4, 0.5) is 5.69 Å². The van der Waals surface area contributed by atoms with Crippen molar-refractivity contribution in [3.05, 3.63) is 40.6 Å². The number of benzene rings is 1. The molecule has 0 saturated carbocycles. The lowest BCUT2D eigenvalue weighted by Gasteiger charge is -2.08. The van der Waals surface area contributed by atoms with Gasteiger partial charge >= 0.3 is 5.97 Å². The molecule has 0 aliphatic rings. The lowest BCUT2D eigenvalue weighted by molar-refractivity contribution is -0.118. The zero-order valence-electron chi connectivity index (χ0n) is 11.2. The first kappa shape index (κ1) is 14.9. The third kappa shape index (κ3) is 3.96. The van der Waals surface area contributed by atoms with Crippen molar-refractivity contribution < 1.29 is 24.2 Å². The van der Waals surface area contributed by atoms with Crippen LogP contribution in [0.3, 0.4) is 0 Å². The molecule has 1 amide bonds. The molecule has 0 aliphatic heterocycles. The molecule has 0 unspecified atom stereocenters. The van der Waals surface area contributed by atoms with E-state index in [2.05, 4.69) is 5.32 Å². The van der Waals surface area contributed by atoms with Crippen molar-refractivity contribution in [3.8, 4) is 11.5 Å². The van der Waals surface area contributed by atoms with E-state index < -0.39 is 11.9 Å². The number of thiophene rings is 1. The topological polar surface area (TPSA) is 84.9 Å². The average Bonchev–Trinajstić information content (AvgIpc) is 2.93. The van der Waals surface area contributed by atoms with Gasteiger partial charge in [-0.15, -0.1) is 11.3 Å². The van der Waals surface area contributed by atoms with E-state index in [1.54, 1.807) is 29.6 Å². The Balaban J connectivity index is 1.93. The van der Waals surface area contributed by atoms with Crippen molar-refractivity contribution in [2.45, 2.75) is 0 Å². The van der Waals surface area contributed by atoms with Crippen LogP contribution in [0.1, 0.15) is 10.4 Å². The second-order valence-electron chi connectivity index (χ2n) is 4.02. The minimum atomic E-state index is -1.08. The van der Waals surface area contributed by atoms with Crippen molar-refractivity contribution >= 4 is 28.9 Å². The van der Waals surface area contributed by atoms with Crippen LogP contribution in [0.15, 0.2) is 35.0 Å². The standard InChI is InChI=1S/C14H13NO5S/c1-19-9-3-2-4-10(5-9)20-6-13(16)15-12-8-21-7-11(12)14(17)18/h2-5,7-8H,6H2,1H3,(H,15,16)(H,17,18). The van der Waals surface area contributed by atoms with Gasteiger partial charge in [-0.3, -0.25) is 4.79 Å². The maximum Gasteiger partial charge on any atom is 0.338 e. The summed E-state index contributed by atoms with van der Waals surface area (Å²) in [4.78, 5) is 22.7. The van der Waals surface area contributed by atoms with E-state index in [1.165, 1.54) is 23.8 Å². The zero-order chi connectivity index (χ0) is 15.2. The number of rotatable bonds is 6. The molecule has 2 rings (SSSR count). The normalized spacial score (nSPS) is 9.95. The van der Waals surface area contributed by atoms with Gasteiger partial charge in [-0.1, -0.05) is 6.07 Å². The van der Waals surface area contributed by atoms with E-state index in [4.69, 9.17) is 14.6 Å². The SMILES string of the molecule is COc1cccc(OCC(=O)Nc2cscc2C(=O)O)c1. The van der Waals surface area contributed by atoms with Crippen LogP contribution in [-0.2, 0) is 4.79 Å². The number of amides is 1. The maximum atomic E-state index is 11.8. The fraction of sp³-hybridized carbons (Fsp3) is 0.143. The molecular weight excluding hydrogens is 294 g/mol. The van der Waals surface area contributed by atoms with E-state index in [1.807, 2.05) is 0 Å². The summed E-state index contributed by atoms with van der Waals surface area (Å²) in [5.41, 5.74) is 0.335. The molecule has 110 valence electrons. The summed E-state index contributed by atoms with van der Waals surface area (Å²) in [7, 11) is 1.54. The monoisotopic (exact) mass is 307 g/mol. The van der Waals surface area contributed by atoms with Crippen LogP contribution in [0.2, 0.25) is 0 Å². The van der Waals surface area contributed by atoms with Gasteiger partial charge in [0.2, 0.25) is 0 Å². The van der Waals surface area contributed by atoms with Crippen molar-refractivity contribution in [3.63, 3.8) is 0 Å². The summed E-state index contributed by atoms with van der Waals surface area (Å²) in [5.74, 6) is -0.397. The number of aromatic carboxylic acids is 1. The van der Waals surface area contributed by atoms with Gasteiger partial charge in [0, 0.05) is 16.8 Å². The van der Waals surface area contributed by atoms with Crippen molar-refractivity contribution in [1.29, 1.82) is 0 Å². The first-order valence-corrected chi connectivity index (χ1v) is 6.90. The van der Waals surface area contributed by atoms with Crippen molar-refractivity contribution in [2.75, 3.05) is 19.0 Å². The molecule has 0 saturated heterocycles. The highest BCUT2D eigenvalue weighted by Crippen LogP contribution is 2.21. The molecule has 0 aliphatic carbocycles. The molecule has 2 N–H and O–H groups in total. The number of ether oxygens (including phenoxy) is 2. The van der Waals surface area contributed by atoms with Gasteiger partial charge in [0.25, 0.3) is 5.91 Å². The van der Waals surface area contributed by atoms with Gasteiger partial charge in [-0.25, -0.2) is 4.79 Å². The van der Waals surface area contributed by atoms with Gasteiger partial charge in [-0.2, -0.15) is 0 Å². The van der Waals surface area contributed by atoms with Gasteiger partial charge in [0.15, 0.2) is 6.61 Å². The number of methoxy groups -OCH3 is 1. The lowest BCUT2D eigenvalue weighted by atomic mass is 10.3. The van der Waals surface area contributed by atoms with Crippen LogP contribution in [0, 0.1) is 0 Å². The number of nitrogens with one attached hydrogen (secondary N) is 1. The molecule has 21 heavy (non-hydrogen) atoms. The summed E-state index contributed by atoms with van der Waals surface area (Å²) in [6, 6.07) is 6.86. The van der Waals surface area contributed by atoms with Crippen LogP contribution in [0.25, 0.3) is 0 Å². The summed E-state index contributed by atoms with van der Waals surface area (Å²) < 4.78 is 10.4. The lowest BCUT2D eigenvalue weighted by Crippen LogP contribution is -2.21. The quantitative estimate of drug-likeness (QED) is 0.856. The molecule has 0 atom stereocenters. The van der Waals surface area contributed by atoms with E-state index in [-0.39, 0.29) is 17.9 Å². The van der Waals surface area contributed by atoms with Crippen LogP contribution < -0.4 is 14.8 Å². The third-order valence-corrected chi connectivity index (χ3v) is 3.32. The summed E-state index contributed by atoms with van der Waals surface area (Å²) >= 11 is 1.20. The highest BCUT2D eigenvalue weighted by atomic mass is 32.1. The molecule has 0 spiro atoms. The fourth-order valence-electron chi connectivity index (χ4n) is 1.59. The minimum absolute atomic E-state index is 0.0646. The summed E-state index contributed by atoms with van der Waals surface area (Å²) in [5, 5.41) is 14.5. The largest absolute Gasteiger partial charge is 0.497 e. The molecule has 0 bridgehead atoms. The number of carbonyl (C=O) groups excluding carboxylic acids is 1. The number of hydrogen-bond acceptors (Lipinski definition) is 5. The molecule has 0 radical (unpaired) electrons. The van der Waals surface area contributed by atoms with Crippen LogP contribution >= 0.6 is 11.3 Å². The Labute approximate surface area is 124 Å². The van der Waals surface area contributed by atoms with E-state index in [9.17, 15) is 9.59 Å². The molecule has 1 aromatic heterocycles. The van der Waals surface area contributed by atoms with Crippen molar-refractivity contribution in [2.24, 2.45) is 0 Å². The molecule has 1 aromatic carbocycles. The number of carboxylic acids is 1. The Morgan fingerprint density at radius 2 is 2.05 bits per heavy atom. The molecular formula is C14H13NO5S. The van der Waals surface area contributed by atoms with Crippen LogP contribution in [-0.4, -0.2) is 30.7 Å². The average molecular weight is 307 g/mol. The fourth-order valence-corrected chi connectivity index (χ4v) is 2.34. The zero-order valence-corrected chi connectivity index (χ0v) is 12.0. The summed E-state index contributed by atoms with van der Waals surface area (Å²) in [6.45, 7) is -0.220. The molecule has 1 heterocycles. The molecule has 6 nitrogen and oxygen atoms in total. The highest BCUT2D eigenvalue weighted by Gasteiger charge is 2.13. The number of hydrogen-bond donors (Lipinski definition) is 2. The Morgan fingerprint density at radius 3 is 2.76 bits per heavy atom. The molecule has 0 fully saturated rings. The second-order valence-corrected chi connectivity index (χ2v) is 4.76. The second kappa shape index (κ2) is 6.76. The number of carboxylic acid groups (broad SMARTS) is 1. The first-order chi connectivity index (χ1) is 10.1. The number of anilines is 1. The van der Waals surface area contributed by atoms with E-state index >= 15 is 0 Å². The van der Waals surface area contributed by atoms with Crippen LogP contribution in [0.5, 0.6) is 11.5 Å². The Hall–Kier alpha value is -2.54. The van der Waals surface area contributed by atoms with Gasteiger partial charge in [0.05, 0.1) is 18.4 Å². The summed E-state index contributed by atoms with van der Waals surface area (Å²) in [6.07, 6.45) is 0. The Kier molecular flexibility index (Phi) is 4.78. The minimum Gasteiger partial charge on any atom is -0.497 e. The van der Waals surface area contributed by atoms with Crippen molar-refractivity contribution in [1.82, 2.24) is 0 Å². The van der Waals surface area contributed by atoms with E-state index in [0.29, 0.717) is 11.5 Å². The predicted octanol–water partition coefficient (Wildman–Crippen LogP) is 2.47. The predicted molar refractivity (Wildman–Crippen MR) is 78.4 cm³/mol. The van der Waals surface area contributed by atoms with Gasteiger partial charge < -0.3 is 19.9 Å². The maximum absolute atomic E-state index is 11.8. The van der Waals surface area contributed by atoms with E-state index in [0.717, 1.165) is 0 Å². The highest BCUT2D eigenvalue weighted by molar-refractivity contribution is 7.08. The van der Waals surface area contributed by atoms with Gasteiger partial charge in [-0.05, 0) is 12.1 Å². The smallest absolute Gasteiger partial charge is 0.338 e. The van der Waals surface area contributed by atoms with Gasteiger partial charge in [0.1, 0.15) is 11.5 Å². The first-order valence-electron chi connectivity index (χ1n) is 5.96. The Bertz CT molecular complexity index is 652.